The van der Waals surface area contributed by atoms with Crippen molar-refractivity contribution in [2.24, 2.45) is 5.92 Å². The Hall–Kier alpha value is -0.830. The van der Waals surface area contributed by atoms with Crippen LogP contribution < -0.4 is 0 Å². The number of hydrogen-bond donors (Lipinski definition) is 0. The summed E-state index contributed by atoms with van der Waals surface area (Å²) in [4.78, 5) is 14.1. The van der Waals surface area contributed by atoms with Crippen molar-refractivity contribution in [1.82, 2.24) is 4.90 Å². The van der Waals surface area contributed by atoms with Crippen LogP contribution in [0.15, 0.2) is 12.2 Å². The van der Waals surface area contributed by atoms with Crippen LogP contribution in [0, 0.1) is 5.92 Å². The fourth-order valence-corrected chi connectivity index (χ4v) is 3.79. The molecule has 158 valence electrons. The largest absolute Gasteiger partial charge is 0.465 e. The van der Waals surface area contributed by atoms with Gasteiger partial charge in [0.2, 0.25) is 0 Å². The fraction of sp³-hybridized carbons (Fsp3) is 0.875. The van der Waals surface area contributed by atoms with E-state index in [1.165, 1.54) is 70.6 Å². The van der Waals surface area contributed by atoms with Crippen LogP contribution >= 0.6 is 0 Å². The first kappa shape index (κ1) is 24.2. The lowest BCUT2D eigenvalue weighted by atomic mass is 10.1. The second kappa shape index (κ2) is 17.3. The molecule has 1 rings (SSSR count). The molecule has 27 heavy (non-hydrogen) atoms. The van der Waals surface area contributed by atoms with Crippen LogP contribution in [0.4, 0.5) is 0 Å². The van der Waals surface area contributed by atoms with Gasteiger partial charge in [0.15, 0.2) is 0 Å². The minimum atomic E-state index is 0.00202. The van der Waals surface area contributed by atoms with Crippen LogP contribution in [0.1, 0.15) is 103 Å². The topological polar surface area (TPSA) is 29.5 Å². The van der Waals surface area contributed by atoms with Gasteiger partial charge in [-0.2, -0.15) is 0 Å². The van der Waals surface area contributed by atoms with E-state index in [0.717, 1.165) is 32.4 Å². The second-order valence-electron chi connectivity index (χ2n) is 8.43. The zero-order chi connectivity index (χ0) is 19.6. The predicted octanol–water partition coefficient (Wildman–Crippen LogP) is 6.52. The van der Waals surface area contributed by atoms with Crippen LogP contribution in [0.3, 0.4) is 0 Å². The van der Waals surface area contributed by atoms with E-state index in [-0.39, 0.29) is 5.97 Å². The van der Waals surface area contributed by atoms with Gasteiger partial charge in [0, 0.05) is 18.9 Å². The molecule has 0 saturated carbocycles. The molecule has 0 N–H and O–H groups in total. The normalized spacial score (nSPS) is 17.8. The molecule has 0 unspecified atom stereocenters. The third-order valence-corrected chi connectivity index (χ3v) is 5.61. The van der Waals surface area contributed by atoms with Crippen molar-refractivity contribution < 1.29 is 9.53 Å². The summed E-state index contributed by atoms with van der Waals surface area (Å²) < 4.78 is 5.42. The summed E-state index contributed by atoms with van der Waals surface area (Å²) in [6.07, 6.45) is 23.2. The summed E-state index contributed by atoms with van der Waals surface area (Å²) in [5.74, 6) is 0.551. The third kappa shape index (κ3) is 14.8. The van der Waals surface area contributed by atoms with Crippen LogP contribution in [0.25, 0.3) is 0 Å². The summed E-state index contributed by atoms with van der Waals surface area (Å²) in [5, 5.41) is 0. The summed E-state index contributed by atoms with van der Waals surface area (Å²) >= 11 is 0. The number of esters is 1. The first-order valence-corrected chi connectivity index (χ1v) is 11.7. The highest BCUT2D eigenvalue weighted by atomic mass is 16.5. The van der Waals surface area contributed by atoms with Gasteiger partial charge in [0.05, 0.1) is 6.61 Å². The Balaban J connectivity index is 1.78. The highest BCUT2D eigenvalue weighted by Gasteiger charge is 2.20. The van der Waals surface area contributed by atoms with E-state index >= 15 is 0 Å². The van der Waals surface area contributed by atoms with Gasteiger partial charge in [-0.05, 0) is 52.1 Å². The molecule has 0 aromatic heterocycles. The maximum atomic E-state index is 11.8. The lowest BCUT2D eigenvalue weighted by Crippen LogP contribution is -2.18. The zero-order valence-corrected chi connectivity index (χ0v) is 18.2. The van der Waals surface area contributed by atoms with E-state index in [1.807, 2.05) is 0 Å². The predicted molar refractivity (Wildman–Crippen MR) is 116 cm³/mol. The number of unbranched alkanes of at least 4 members (excludes halogenated alkanes) is 11. The SMILES string of the molecule is CCCCCCCC/C=C\CCCCCCCC(=O)OC[C@H]1CCN(C)C1. The molecule has 1 aliphatic heterocycles. The Bertz CT molecular complexity index is 381. The quantitative estimate of drug-likeness (QED) is 0.164. The van der Waals surface area contributed by atoms with E-state index in [0.29, 0.717) is 18.9 Å². The highest BCUT2D eigenvalue weighted by Crippen LogP contribution is 2.15. The van der Waals surface area contributed by atoms with Gasteiger partial charge >= 0.3 is 5.97 Å². The molecule has 1 aliphatic rings. The molecule has 0 amide bonds. The molecule has 0 aliphatic carbocycles. The number of hydrogen-bond acceptors (Lipinski definition) is 3. The molecule has 3 heteroatoms. The molecule has 3 nitrogen and oxygen atoms in total. The first-order chi connectivity index (χ1) is 13.2. The Morgan fingerprint density at radius 3 is 2.11 bits per heavy atom. The molecule has 1 fully saturated rings. The number of ether oxygens (including phenoxy) is 1. The van der Waals surface area contributed by atoms with Gasteiger partial charge in [0.25, 0.3) is 0 Å². The average Bonchev–Trinajstić information content (AvgIpc) is 3.08. The number of nitrogens with zero attached hydrogens (tertiary/aromatic N) is 1. The van der Waals surface area contributed by atoms with Gasteiger partial charge in [-0.15, -0.1) is 0 Å². The van der Waals surface area contributed by atoms with Crippen molar-refractivity contribution in [3.63, 3.8) is 0 Å². The van der Waals surface area contributed by atoms with Crippen LogP contribution in [0.2, 0.25) is 0 Å². The van der Waals surface area contributed by atoms with Gasteiger partial charge in [-0.1, -0.05) is 70.4 Å². The number of allylic oxidation sites excluding steroid dienone is 2. The Labute approximate surface area is 168 Å². The third-order valence-electron chi connectivity index (χ3n) is 5.61. The van der Waals surface area contributed by atoms with Crippen molar-refractivity contribution in [2.45, 2.75) is 103 Å². The average molecular weight is 380 g/mol. The number of rotatable bonds is 17. The Morgan fingerprint density at radius 1 is 0.926 bits per heavy atom. The number of carbonyl (C=O) groups excluding carboxylic acids is 1. The summed E-state index contributed by atoms with van der Waals surface area (Å²) in [6.45, 7) is 5.10. The monoisotopic (exact) mass is 379 g/mol. The van der Waals surface area contributed by atoms with Crippen LogP contribution in [-0.2, 0) is 9.53 Å². The van der Waals surface area contributed by atoms with E-state index in [4.69, 9.17) is 4.74 Å². The van der Waals surface area contributed by atoms with Crippen molar-refractivity contribution in [2.75, 3.05) is 26.7 Å². The minimum Gasteiger partial charge on any atom is -0.465 e. The molecule has 0 bridgehead atoms. The molecule has 0 spiro atoms. The van der Waals surface area contributed by atoms with Gasteiger partial charge in [-0.3, -0.25) is 4.79 Å². The standard InChI is InChI=1S/C24H45NO2/c1-3-4-5-6-7-8-9-10-11-12-13-14-15-16-17-18-24(26)27-22-23-19-20-25(2)21-23/h10-11,23H,3-9,12-22H2,1-2H3/b11-10-/t23-/m0/s1. The van der Waals surface area contributed by atoms with Gasteiger partial charge in [-0.25, -0.2) is 0 Å². The molecular weight excluding hydrogens is 334 g/mol. The Kier molecular flexibility index (Phi) is 15.5. The Morgan fingerprint density at radius 2 is 1.52 bits per heavy atom. The van der Waals surface area contributed by atoms with Gasteiger partial charge in [0.1, 0.15) is 0 Å². The lowest BCUT2D eigenvalue weighted by Gasteiger charge is -2.11. The molecule has 1 heterocycles. The highest BCUT2D eigenvalue weighted by molar-refractivity contribution is 5.69. The van der Waals surface area contributed by atoms with Crippen molar-refractivity contribution in [1.29, 1.82) is 0 Å². The fourth-order valence-electron chi connectivity index (χ4n) is 3.79. The smallest absolute Gasteiger partial charge is 0.305 e. The van der Waals surface area contributed by atoms with Crippen LogP contribution in [-0.4, -0.2) is 37.6 Å². The lowest BCUT2D eigenvalue weighted by molar-refractivity contribution is -0.145. The van der Waals surface area contributed by atoms with Gasteiger partial charge < -0.3 is 9.64 Å². The molecular formula is C24H45NO2. The van der Waals surface area contributed by atoms with E-state index in [9.17, 15) is 4.79 Å². The first-order valence-electron chi connectivity index (χ1n) is 11.7. The molecule has 0 aromatic carbocycles. The summed E-state index contributed by atoms with van der Waals surface area (Å²) in [6, 6.07) is 0. The van der Waals surface area contributed by atoms with Crippen molar-refractivity contribution in [3.8, 4) is 0 Å². The van der Waals surface area contributed by atoms with E-state index < -0.39 is 0 Å². The van der Waals surface area contributed by atoms with Crippen molar-refractivity contribution in [3.05, 3.63) is 12.2 Å². The molecule has 0 aromatic rings. The number of likely N-dealkylation sites (tertiary alicyclic amines) is 1. The summed E-state index contributed by atoms with van der Waals surface area (Å²) in [7, 11) is 2.13. The minimum absolute atomic E-state index is 0.00202. The second-order valence-corrected chi connectivity index (χ2v) is 8.43. The maximum Gasteiger partial charge on any atom is 0.305 e. The van der Waals surface area contributed by atoms with E-state index in [2.05, 4.69) is 31.0 Å². The summed E-state index contributed by atoms with van der Waals surface area (Å²) in [5.41, 5.74) is 0. The van der Waals surface area contributed by atoms with E-state index in [1.54, 1.807) is 0 Å². The molecule has 0 radical (unpaired) electrons. The zero-order valence-electron chi connectivity index (χ0n) is 18.2. The number of carbonyl (C=O) groups is 1. The van der Waals surface area contributed by atoms with Crippen LogP contribution in [0.5, 0.6) is 0 Å². The maximum absolute atomic E-state index is 11.8. The molecule has 1 saturated heterocycles. The molecule has 1 atom stereocenters. The van der Waals surface area contributed by atoms with Crippen molar-refractivity contribution >= 4 is 5.97 Å².